The summed E-state index contributed by atoms with van der Waals surface area (Å²) in [6, 6.07) is 7.07. The van der Waals surface area contributed by atoms with Crippen molar-refractivity contribution >= 4 is 23.6 Å². The highest BCUT2D eigenvalue weighted by molar-refractivity contribution is 6.21. The van der Waals surface area contributed by atoms with Gasteiger partial charge in [0.2, 0.25) is 5.91 Å². The molecule has 0 unspecified atom stereocenters. The van der Waals surface area contributed by atoms with Gasteiger partial charge in [0.25, 0.3) is 5.91 Å². The zero-order chi connectivity index (χ0) is 18.0. The maximum atomic E-state index is 12.8. The normalized spacial score (nSPS) is 21.8. The smallest absolute Gasteiger partial charge is 0.410 e. The lowest BCUT2D eigenvalue weighted by molar-refractivity contribution is -0.918. The number of imide groups is 1. The summed E-state index contributed by atoms with van der Waals surface area (Å²) >= 11 is 0. The number of carbonyl (C=O) groups excluding carboxylic acids is 3. The maximum absolute atomic E-state index is 12.8. The van der Waals surface area contributed by atoms with Crippen LogP contribution >= 0.6 is 0 Å². The lowest BCUT2D eigenvalue weighted by Gasteiger charge is -2.33. The average Bonchev–Trinajstić information content (AvgIpc) is 2.90. The number of rotatable bonds is 3. The molecule has 1 aromatic rings. The molecule has 0 radical (unpaired) electrons. The highest BCUT2D eigenvalue weighted by Gasteiger charge is 2.46. The van der Waals surface area contributed by atoms with Crippen molar-refractivity contribution in [1.29, 1.82) is 0 Å². The van der Waals surface area contributed by atoms with Gasteiger partial charge in [0.05, 0.1) is 44.9 Å². The Morgan fingerprint density at radius 1 is 1.28 bits per heavy atom. The summed E-state index contributed by atoms with van der Waals surface area (Å²) in [6.45, 7) is 6.43. The summed E-state index contributed by atoms with van der Waals surface area (Å²) in [6.07, 6.45) is -0.0848. The van der Waals surface area contributed by atoms with Crippen LogP contribution in [0.1, 0.15) is 18.9 Å². The fraction of sp³-hybridized carbons (Fsp3) is 0.500. The van der Waals surface area contributed by atoms with E-state index in [2.05, 4.69) is 0 Å². The molecule has 2 aliphatic rings. The number of carbonyl (C=O) groups is 3. The predicted octanol–water partition coefficient (Wildman–Crippen LogP) is -0.0161. The van der Waals surface area contributed by atoms with Gasteiger partial charge in [-0.05, 0) is 31.5 Å². The van der Waals surface area contributed by atoms with Gasteiger partial charge in [-0.25, -0.2) is 9.69 Å². The molecule has 1 aromatic carbocycles. The lowest BCUT2D eigenvalue weighted by atomic mass is 10.1. The van der Waals surface area contributed by atoms with Crippen molar-refractivity contribution < 1.29 is 24.0 Å². The van der Waals surface area contributed by atoms with Crippen molar-refractivity contribution in [3.8, 4) is 0 Å². The highest BCUT2D eigenvalue weighted by atomic mass is 16.6. The number of nitrogens with one attached hydrogen (secondary N) is 1. The van der Waals surface area contributed by atoms with Gasteiger partial charge in [-0.2, -0.15) is 0 Å². The van der Waals surface area contributed by atoms with Gasteiger partial charge in [-0.15, -0.1) is 0 Å². The Hall–Kier alpha value is -2.41. The number of hydrogen-bond donors (Lipinski definition) is 1. The van der Waals surface area contributed by atoms with Crippen molar-refractivity contribution in [2.24, 2.45) is 0 Å². The first-order valence-corrected chi connectivity index (χ1v) is 8.71. The summed E-state index contributed by atoms with van der Waals surface area (Å²) in [5.41, 5.74) is 1.65. The minimum absolute atomic E-state index is 0.143. The zero-order valence-corrected chi connectivity index (χ0v) is 14.7. The number of aryl methyl sites for hydroxylation is 1. The number of amides is 3. The van der Waals surface area contributed by atoms with Gasteiger partial charge in [0.15, 0.2) is 6.04 Å². The van der Waals surface area contributed by atoms with E-state index in [4.69, 9.17) is 4.74 Å². The van der Waals surface area contributed by atoms with Crippen molar-refractivity contribution in [3.63, 3.8) is 0 Å². The topological polar surface area (TPSA) is 71.4 Å². The van der Waals surface area contributed by atoms with Gasteiger partial charge in [-0.1, -0.05) is 12.1 Å². The quantitative estimate of drug-likeness (QED) is 0.781. The minimum Gasteiger partial charge on any atom is -0.450 e. The second-order valence-electron chi connectivity index (χ2n) is 6.51. The molecule has 1 N–H and O–H groups in total. The lowest BCUT2D eigenvalue weighted by Crippen LogP contribution is -3.19. The molecule has 25 heavy (non-hydrogen) atoms. The van der Waals surface area contributed by atoms with E-state index in [-0.39, 0.29) is 30.4 Å². The standard InChI is InChI=1S/C18H23N3O4/c1-3-25-18(24)20-9-7-19(8-10-20)15-12-16(22)21(17(15)23)14-6-4-5-13(2)11-14/h4-6,11,15H,3,7-10,12H2,1-2H3/p+1/t15-/m1/s1. The third-order valence-corrected chi connectivity index (χ3v) is 4.83. The Balaban J connectivity index is 1.66. The number of anilines is 1. The summed E-state index contributed by atoms with van der Waals surface area (Å²) in [5, 5.41) is 0. The van der Waals surface area contributed by atoms with E-state index in [1.165, 1.54) is 4.90 Å². The Bertz CT molecular complexity index is 683. The molecule has 2 heterocycles. The number of piperazine rings is 1. The minimum atomic E-state index is -0.364. The van der Waals surface area contributed by atoms with E-state index >= 15 is 0 Å². The van der Waals surface area contributed by atoms with Crippen LogP contribution in [0.5, 0.6) is 0 Å². The highest BCUT2D eigenvalue weighted by Crippen LogP contribution is 2.22. The molecule has 0 aromatic heterocycles. The molecule has 3 rings (SSSR count). The number of ether oxygens (including phenoxy) is 1. The van der Waals surface area contributed by atoms with Crippen LogP contribution in [0.3, 0.4) is 0 Å². The van der Waals surface area contributed by atoms with Crippen molar-refractivity contribution in [2.45, 2.75) is 26.3 Å². The van der Waals surface area contributed by atoms with Gasteiger partial charge in [-0.3, -0.25) is 14.5 Å². The third-order valence-electron chi connectivity index (χ3n) is 4.83. The monoisotopic (exact) mass is 346 g/mol. The van der Waals surface area contributed by atoms with Crippen LogP contribution in [0.4, 0.5) is 10.5 Å². The van der Waals surface area contributed by atoms with E-state index in [1.54, 1.807) is 17.9 Å². The maximum Gasteiger partial charge on any atom is 0.410 e. The fourth-order valence-electron chi connectivity index (χ4n) is 3.53. The average molecular weight is 346 g/mol. The second-order valence-corrected chi connectivity index (χ2v) is 6.51. The Morgan fingerprint density at radius 3 is 2.64 bits per heavy atom. The van der Waals surface area contributed by atoms with Crippen LogP contribution < -0.4 is 9.80 Å². The zero-order valence-electron chi connectivity index (χ0n) is 14.7. The Labute approximate surface area is 147 Å². The number of benzene rings is 1. The molecule has 0 saturated carbocycles. The molecule has 0 bridgehead atoms. The van der Waals surface area contributed by atoms with Gasteiger partial charge >= 0.3 is 6.09 Å². The van der Waals surface area contributed by atoms with Crippen molar-refractivity contribution in [1.82, 2.24) is 4.90 Å². The van der Waals surface area contributed by atoms with Gasteiger partial charge in [0.1, 0.15) is 0 Å². The molecule has 7 nitrogen and oxygen atoms in total. The Morgan fingerprint density at radius 2 is 2.00 bits per heavy atom. The summed E-state index contributed by atoms with van der Waals surface area (Å²) < 4.78 is 5.01. The van der Waals surface area contributed by atoms with Crippen LogP contribution in [0.2, 0.25) is 0 Å². The second kappa shape index (κ2) is 7.23. The molecule has 134 valence electrons. The molecule has 3 amide bonds. The van der Waals surface area contributed by atoms with Crippen LogP contribution in [0, 0.1) is 6.92 Å². The van der Waals surface area contributed by atoms with Gasteiger partial charge < -0.3 is 9.64 Å². The summed E-state index contributed by atoms with van der Waals surface area (Å²) in [7, 11) is 0. The van der Waals surface area contributed by atoms with E-state index in [0.29, 0.717) is 38.5 Å². The predicted molar refractivity (Wildman–Crippen MR) is 91.4 cm³/mol. The molecule has 2 aliphatic heterocycles. The van der Waals surface area contributed by atoms with Crippen LogP contribution in [-0.2, 0) is 14.3 Å². The number of quaternary nitrogens is 1. The summed E-state index contributed by atoms with van der Waals surface area (Å²) in [5.74, 6) is -0.295. The van der Waals surface area contributed by atoms with Crippen LogP contribution in [0.15, 0.2) is 24.3 Å². The van der Waals surface area contributed by atoms with E-state index < -0.39 is 0 Å². The largest absolute Gasteiger partial charge is 0.450 e. The third kappa shape index (κ3) is 3.51. The Kier molecular flexibility index (Phi) is 5.03. The summed E-state index contributed by atoms with van der Waals surface area (Å²) in [4.78, 5) is 41.0. The van der Waals surface area contributed by atoms with E-state index in [0.717, 1.165) is 10.5 Å². The fourth-order valence-corrected chi connectivity index (χ4v) is 3.53. The SMILES string of the molecule is CCOC(=O)N1CC[NH+]([C@@H]2CC(=O)N(c3cccc(C)c3)C2=O)CC1. The first-order valence-electron chi connectivity index (χ1n) is 8.71. The van der Waals surface area contributed by atoms with Crippen molar-refractivity contribution in [3.05, 3.63) is 29.8 Å². The number of hydrogen-bond acceptors (Lipinski definition) is 4. The molecule has 1 atom stereocenters. The molecular weight excluding hydrogens is 322 g/mol. The number of nitrogens with zero attached hydrogens (tertiary/aromatic N) is 2. The first kappa shape index (κ1) is 17.4. The molecular formula is C18H24N3O4+. The van der Waals surface area contributed by atoms with Crippen molar-refractivity contribution in [2.75, 3.05) is 37.7 Å². The molecule has 0 spiro atoms. The van der Waals surface area contributed by atoms with E-state index in [1.807, 2.05) is 25.1 Å². The molecule has 7 heteroatoms. The van der Waals surface area contributed by atoms with Crippen LogP contribution in [-0.4, -0.2) is 61.6 Å². The van der Waals surface area contributed by atoms with Crippen LogP contribution in [0.25, 0.3) is 0 Å². The molecule has 2 saturated heterocycles. The molecule has 2 fully saturated rings. The van der Waals surface area contributed by atoms with Gasteiger partial charge in [0, 0.05) is 0 Å². The first-order chi connectivity index (χ1) is 12.0. The van der Waals surface area contributed by atoms with E-state index in [9.17, 15) is 14.4 Å². The molecule has 0 aliphatic carbocycles.